The highest BCUT2D eigenvalue weighted by atomic mass is 31.2. The smallest absolute Gasteiger partial charge is 0.457 e. The van der Waals surface area contributed by atoms with Gasteiger partial charge in [-0.3, -0.25) is 13.8 Å². The van der Waals surface area contributed by atoms with E-state index in [1.165, 1.54) is 44.9 Å². The van der Waals surface area contributed by atoms with Crippen LogP contribution in [0.1, 0.15) is 96.8 Å². The molecule has 0 amide bonds. The topological polar surface area (TPSA) is 143 Å². The summed E-state index contributed by atoms with van der Waals surface area (Å²) in [5.74, 6) is -0.510. The van der Waals surface area contributed by atoms with Gasteiger partial charge in [0.05, 0.1) is 26.4 Å². The summed E-state index contributed by atoms with van der Waals surface area (Å²) in [4.78, 5) is 21.4. The molecule has 0 bridgehead atoms. The quantitative estimate of drug-likeness (QED) is 0.0642. The van der Waals surface area contributed by atoms with E-state index in [2.05, 4.69) is 28.1 Å². The van der Waals surface area contributed by atoms with Crippen molar-refractivity contribution in [1.82, 2.24) is 0 Å². The van der Waals surface area contributed by atoms with Crippen LogP contribution in [0, 0.1) is 0 Å². The van der Waals surface area contributed by atoms with Gasteiger partial charge in [0.2, 0.25) is 0 Å². The number of esters is 1. The number of ether oxygens (including phenoxy) is 1. The summed E-state index contributed by atoms with van der Waals surface area (Å²) in [5.41, 5.74) is 0. The molecule has 0 fully saturated rings. The van der Waals surface area contributed by atoms with Gasteiger partial charge in [-0.1, -0.05) is 70.4 Å². The molecule has 0 saturated heterocycles. The van der Waals surface area contributed by atoms with Gasteiger partial charge in [0.15, 0.2) is 0 Å². The number of unbranched alkanes of at least 4 members (excludes halogenated alkanes) is 11. The van der Waals surface area contributed by atoms with Crippen LogP contribution < -0.4 is 0 Å². The van der Waals surface area contributed by atoms with Crippen LogP contribution in [-0.4, -0.2) is 64.8 Å². The molecule has 9 nitrogen and oxygen atoms in total. The summed E-state index contributed by atoms with van der Waals surface area (Å²) in [7, 11) is -4.50. The third-order valence-corrected chi connectivity index (χ3v) is 6.16. The summed E-state index contributed by atoms with van der Waals surface area (Å²) in [5, 5.41) is 27.1. The third-order valence-electron chi connectivity index (χ3n) is 5.21. The van der Waals surface area contributed by atoms with E-state index in [1.54, 1.807) is 0 Å². The largest absolute Gasteiger partial charge is 0.472 e. The Bertz CT molecular complexity index is 557. The molecule has 0 aromatic heterocycles. The minimum atomic E-state index is -4.50. The van der Waals surface area contributed by atoms with Crippen molar-refractivity contribution in [1.29, 1.82) is 0 Å². The number of hydrogen-bond acceptors (Lipinski definition) is 8. The molecule has 0 saturated carbocycles. The second-order valence-electron chi connectivity index (χ2n) is 8.53. The first-order chi connectivity index (χ1) is 16.3. The summed E-state index contributed by atoms with van der Waals surface area (Å²) in [6, 6.07) is 0. The number of hydrogen-bond donors (Lipinski definition) is 4. The molecule has 0 aliphatic rings. The van der Waals surface area contributed by atoms with Crippen LogP contribution in [0.4, 0.5) is 0 Å². The maximum Gasteiger partial charge on any atom is 0.472 e. The minimum Gasteiger partial charge on any atom is -0.457 e. The average molecular weight is 511 g/mol. The lowest BCUT2D eigenvalue weighted by Crippen LogP contribution is -2.27. The number of carbonyl (C=O) groups is 1. The number of aliphatic hydroxyl groups excluding tert-OH is 3. The van der Waals surface area contributed by atoms with Crippen molar-refractivity contribution in [2.45, 2.75) is 109 Å². The standard InChI is InChI=1S/C24H47O9P/c1-2-3-4-5-6-7-8-9-10-11-12-13-14-15-16-17-24(28)33-23(19-26)21-32-34(29,30)31-20-22(27)18-25/h9-10,22-23,25-27H,2-8,11-21H2,1H3,(H,29,30)/b10-9-/t22-,23+/m0/s1. The number of phosphoric ester groups is 1. The first-order valence-corrected chi connectivity index (χ1v) is 14.2. The van der Waals surface area contributed by atoms with Crippen molar-refractivity contribution in [3.63, 3.8) is 0 Å². The van der Waals surface area contributed by atoms with Gasteiger partial charge < -0.3 is 24.9 Å². The van der Waals surface area contributed by atoms with Crippen LogP contribution in [0.5, 0.6) is 0 Å². The monoisotopic (exact) mass is 510 g/mol. The van der Waals surface area contributed by atoms with Crippen LogP contribution in [0.2, 0.25) is 0 Å². The lowest BCUT2D eigenvalue weighted by atomic mass is 10.1. The molecule has 0 heterocycles. The molecule has 0 spiro atoms. The average Bonchev–Trinajstić information content (AvgIpc) is 2.82. The summed E-state index contributed by atoms with van der Waals surface area (Å²) >= 11 is 0. The Morgan fingerprint density at radius 2 is 1.35 bits per heavy atom. The van der Waals surface area contributed by atoms with Crippen LogP contribution in [-0.2, 0) is 23.1 Å². The van der Waals surface area contributed by atoms with Crippen molar-refractivity contribution >= 4 is 13.8 Å². The van der Waals surface area contributed by atoms with Crippen LogP contribution in [0.25, 0.3) is 0 Å². The summed E-state index contributed by atoms with van der Waals surface area (Å²) < 4.78 is 25.9. The number of rotatable bonds is 24. The van der Waals surface area contributed by atoms with E-state index in [0.29, 0.717) is 6.42 Å². The van der Waals surface area contributed by atoms with Gasteiger partial charge in [-0.05, 0) is 32.1 Å². The van der Waals surface area contributed by atoms with Crippen molar-refractivity contribution in [3.05, 3.63) is 12.2 Å². The van der Waals surface area contributed by atoms with E-state index in [0.717, 1.165) is 32.1 Å². The maximum atomic E-state index is 11.9. The van der Waals surface area contributed by atoms with Crippen molar-refractivity contribution in [2.24, 2.45) is 0 Å². The van der Waals surface area contributed by atoms with Gasteiger partial charge in [-0.15, -0.1) is 0 Å². The number of phosphoric acid groups is 1. The van der Waals surface area contributed by atoms with Gasteiger partial charge in [0.1, 0.15) is 12.2 Å². The SMILES string of the molecule is CCCCCCCC/C=C\CCCCCCCC(=O)O[C@H](CO)COP(=O)(O)OC[C@@H](O)CO. The van der Waals surface area contributed by atoms with Gasteiger partial charge in [0, 0.05) is 6.42 Å². The Morgan fingerprint density at radius 3 is 1.91 bits per heavy atom. The van der Waals surface area contributed by atoms with E-state index >= 15 is 0 Å². The molecule has 3 atom stereocenters. The van der Waals surface area contributed by atoms with Crippen molar-refractivity contribution in [3.8, 4) is 0 Å². The van der Waals surface area contributed by atoms with E-state index in [9.17, 15) is 19.4 Å². The second kappa shape index (κ2) is 22.7. The number of carbonyl (C=O) groups excluding carboxylic acids is 1. The summed E-state index contributed by atoms with van der Waals surface area (Å²) in [6.07, 6.45) is 17.4. The normalized spacial score (nSPS) is 15.3. The Kier molecular flexibility index (Phi) is 22.1. The van der Waals surface area contributed by atoms with Gasteiger partial charge in [-0.25, -0.2) is 4.57 Å². The van der Waals surface area contributed by atoms with Gasteiger partial charge >= 0.3 is 13.8 Å². The third kappa shape index (κ3) is 21.7. The Balaban J connectivity index is 3.72. The predicted octanol–water partition coefficient (Wildman–Crippen LogP) is 4.41. The number of aliphatic hydroxyl groups is 3. The van der Waals surface area contributed by atoms with E-state index in [4.69, 9.17) is 14.9 Å². The van der Waals surface area contributed by atoms with E-state index in [1.807, 2.05) is 0 Å². The maximum absolute atomic E-state index is 11.9. The fourth-order valence-electron chi connectivity index (χ4n) is 3.16. The molecule has 0 aromatic carbocycles. The highest BCUT2D eigenvalue weighted by molar-refractivity contribution is 7.47. The molecular formula is C24H47O9P. The molecule has 0 radical (unpaired) electrons. The van der Waals surface area contributed by atoms with Crippen LogP contribution in [0.15, 0.2) is 12.2 Å². The first-order valence-electron chi connectivity index (χ1n) is 12.7. The van der Waals surface area contributed by atoms with Crippen LogP contribution in [0.3, 0.4) is 0 Å². The molecular weight excluding hydrogens is 463 g/mol. The highest BCUT2D eigenvalue weighted by Gasteiger charge is 2.25. The van der Waals surface area contributed by atoms with E-state index in [-0.39, 0.29) is 6.42 Å². The zero-order valence-electron chi connectivity index (χ0n) is 20.8. The Morgan fingerprint density at radius 1 is 0.824 bits per heavy atom. The van der Waals surface area contributed by atoms with Gasteiger partial charge in [0.25, 0.3) is 0 Å². The molecule has 0 aliphatic carbocycles. The molecule has 202 valence electrons. The lowest BCUT2D eigenvalue weighted by molar-refractivity contribution is -0.153. The van der Waals surface area contributed by atoms with Crippen LogP contribution >= 0.6 is 7.82 Å². The molecule has 4 N–H and O–H groups in total. The zero-order chi connectivity index (χ0) is 25.5. The molecule has 0 aliphatic heterocycles. The van der Waals surface area contributed by atoms with Crippen molar-refractivity contribution in [2.75, 3.05) is 26.4 Å². The molecule has 34 heavy (non-hydrogen) atoms. The Labute approximate surface area is 205 Å². The predicted molar refractivity (Wildman–Crippen MR) is 131 cm³/mol. The fraction of sp³-hybridized carbons (Fsp3) is 0.875. The highest BCUT2D eigenvalue weighted by Crippen LogP contribution is 2.43. The fourth-order valence-corrected chi connectivity index (χ4v) is 3.95. The minimum absolute atomic E-state index is 0.199. The van der Waals surface area contributed by atoms with Gasteiger partial charge in [-0.2, -0.15) is 0 Å². The molecule has 0 aromatic rings. The second-order valence-corrected chi connectivity index (χ2v) is 9.98. The van der Waals surface area contributed by atoms with Crippen molar-refractivity contribution < 1.29 is 43.4 Å². The summed E-state index contributed by atoms with van der Waals surface area (Å²) in [6.45, 7) is -0.0936. The lowest BCUT2D eigenvalue weighted by Gasteiger charge is -2.18. The molecule has 10 heteroatoms. The number of allylic oxidation sites excluding steroid dienone is 2. The molecule has 0 rings (SSSR count). The Hall–Kier alpha value is -0.800. The molecule has 1 unspecified atom stereocenters. The zero-order valence-corrected chi connectivity index (χ0v) is 21.7. The first kappa shape index (κ1) is 33.2. The van der Waals surface area contributed by atoms with E-state index < -0.39 is 52.4 Å².